The molecule has 102 valence electrons. The van der Waals surface area contributed by atoms with Crippen molar-refractivity contribution in [3.8, 4) is 5.75 Å². The number of carbonyl (C=O) groups is 1. The lowest BCUT2D eigenvalue weighted by Gasteiger charge is -2.13. The first kappa shape index (κ1) is 15.3. The number of carboxylic acid groups (broad SMARTS) is 1. The summed E-state index contributed by atoms with van der Waals surface area (Å²) in [6.07, 6.45) is -0.682. The zero-order chi connectivity index (χ0) is 14.1. The van der Waals surface area contributed by atoms with E-state index in [1.165, 1.54) is 12.1 Å². The van der Waals surface area contributed by atoms with E-state index in [-0.39, 0.29) is 25.4 Å². The van der Waals surface area contributed by atoms with Gasteiger partial charge in [-0.2, -0.15) is 4.99 Å². The van der Waals surface area contributed by atoms with Crippen LogP contribution in [-0.4, -0.2) is 47.4 Å². The van der Waals surface area contributed by atoms with Crippen molar-refractivity contribution in [1.82, 2.24) is 0 Å². The van der Waals surface area contributed by atoms with Crippen molar-refractivity contribution in [1.29, 1.82) is 0 Å². The van der Waals surface area contributed by atoms with Gasteiger partial charge < -0.3 is 19.7 Å². The fourth-order valence-corrected chi connectivity index (χ4v) is 1.37. The number of aliphatic hydroxyl groups excluding tert-OH is 1. The first-order valence-electron chi connectivity index (χ1n) is 5.43. The molecule has 0 aromatic heterocycles. The number of nitrogens with zero attached hydrogens (tertiary/aromatic N) is 1. The molecule has 1 aromatic carbocycles. The zero-order valence-electron chi connectivity index (χ0n) is 9.98. The van der Waals surface area contributed by atoms with Crippen molar-refractivity contribution in [3.05, 3.63) is 29.8 Å². The fourth-order valence-electron chi connectivity index (χ4n) is 1.26. The Morgan fingerprint density at radius 1 is 1.53 bits per heavy atom. The number of aliphatic imine (C=N–C) groups is 1. The number of aliphatic hydroxyl groups is 1. The van der Waals surface area contributed by atoms with Crippen LogP contribution in [0.25, 0.3) is 0 Å². The van der Waals surface area contributed by atoms with Gasteiger partial charge in [0.15, 0.2) is 6.23 Å². The Hall–Kier alpha value is -1.79. The van der Waals surface area contributed by atoms with Gasteiger partial charge >= 0.3 is 5.97 Å². The second kappa shape index (κ2) is 8.34. The number of hydrogen-bond donors (Lipinski definition) is 2. The van der Waals surface area contributed by atoms with Crippen LogP contribution >= 0.6 is 12.2 Å². The molecule has 2 N–H and O–H groups in total. The Morgan fingerprint density at radius 3 is 2.95 bits per heavy atom. The molecule has 0 aliphatic rings. The predicted octanol–water partition coefficient (Wildman–Crippen LogP) is 1.20. The molecule has 0 heterocycles. The summed E-state index contributed by atoms with van der Waals surface area (Å²) < 4.78 is 10.5. The molecule has 0 fully saturated rings. The normalized spacial score (nSPS) is 11.4. The molecule has 0 spiro atoms. The van der Waals surface area contributed by atoms with Gasteiger partial charge in [-0.05, 0) is 30.4 Å². The van der Waals surface area contributed by atoms with Gasteiger partial charge in [0.05, 0.1) is 23.9 Å². The molecule has 1 unspecified atom stereocenters. The molecule has 0 radical (unpaired) electrons. The van der Waals surface area contributed by atoms with Gasteiger partial charge in [0.1, 0.15) is 12.4 Å². The summed E-state index contributed by atoms with van der Waals surface area (Å²) in [4.78, 5) is 14.5. The minimum Gasteiger partial charge on any atom is -0.489 e. The van der Waals surface area contributed by atoms with Crippen LogP contribution in [0.3, 0.4) is 0 Å². The fraction of sp³-hybridized carbons (Fsp3) is 0.333. The summed E-state index contributed by atoms with van der Waals surface area (Å²) in [6.45, 7) is 0.00830. The summed E-state index contributed by atoms with van der Waals surface area (Å²) in [5, 5.41) is 19.7. The highest BCUT2D eigenvalue weighted by atomic mass is 32.1. The lowest BCUT2D eigenvalue weighted by atomic mass is 10.2. The van der Waals surface area contributed by atoms with Gasteiger partial charge in [-0.3, -0.25) is 0 Å². The summed E-state index contributed by atoms with van der Waals surface area (Å²) >= 11 is 4.47. The van der Waals surface area contributed by atoms with Crippen LogP contribution in [-0.2, 0) is 4.74 Å². The average molecular weight is 283 g/mol. The molecule has 1 atom stereocenters. The average Bonchev–Trinajstić information content (AvgIpc) is 2.42. The van der Waals surface area contributed by atoms with Gasteiger partial charge in [-0.1, -0.05) is 6.07 Å². The SMILES string of the molecule is O=C(O)c1cccc(OCC(N=C=S)OCCO)c1. The Kier molecular flexibility index (Phi) is 6.70. The van der Waals surface area contributed by atoms with Crippen LogP contribution in [0.5, 0.6) is 5.75 Å². The number of thiocarbonyl (C=S) groups is 1. The van der Waals surface area contributed by atoms with Crippen molar-refractivity contribution in [3.63, 3.8) is 0 Å². The maximum atomic E-state index is 10.8. The number of aromatic carboxylic acids is 1. The summed E-state index contributed by atoms with van der Waals surface area (Å²) in [5.41, 5.74) is 0.128. The molecule has 0 saturated heterocycles. The second-order valence-corrected chi connectivity index (χ2v) is 3.60. The van der Waals surface area contributed by atoms with E-state index in [0.29, 0.717) is 5.75 Å². The van der Waals surface area contributed by atoms with Crippen molar-refractivity contribution in [2.75, 3.05) is 19.8 Å². The Bertz CT molecular complexity index is 473. The maximum absolute atomic E-state index is 10.8. The quantitative estimate of drug-likeness (QED) is 0.550. The molecule has 7 heteroatoms. The van der Waals surface area contributed by atoms with Gasteiger partial charge in [-0.25, -0.2) is 4.79 Å². The predicted molar refractivity (Wildman–Crippen MR) is 70.7 cm³/mol. The molecule has 0 bridgehead atoms. The molecule has 0 saturated carbocycles. The van der Waals surface area contributed by atoms with Crippen LogP contribution in [0.4, 0.5) is 0 Å². The monoisotopic (exact) mass is 283 g/mol. The summed E-state index contributed by atoms with van der Waals surface area (Å²) in [6, 6.07) is 6.05. The van der Waals surface area contributed by atoms with E-state index in [1.54, 1.807) is 12.1 Å². The third-order valence-corrected chi connectivity index (χ3v) is 2.18. The molecular formula is C12H13NO5S. The Labute approximate surface area is 115 Å². The first-order valence-corrected chi connectivity index (χ1v) is 5.83. The lowest BCUT2D eigenvalue weighted by Crippen LogP contribution is -2.21. The van der Waals surface area contributed by atoms with Crippen LogP contribution in [0.2, 0.25) is 0 Å². The summed E-state index contributed by atoms with van der Waals surface area (Å²) in [5.74, 6) is -0.646. The molecule has 6 nitrogen and oxygen atoms in total. The highest BCUT2D eigenvalue weighted by Crippen LogP contribution is 2.14. The van der Waals surface area contributed by atoms with Gasteiger partial charge in [0, 0.05) is 0 Å². The highest BCUT2D eigenvalue weighted by Gasteiger charge is 2.09. The number of ether oxygens (including phenoxy) is 2. The van der Waals surface area contributed by atoms with Crippen LogP contribution in [0, 0.1) is 0 Å². The third-order valence-electron chi connectivity index (χ3n) is 2.07. The van der Waals surface area contributed by atoms with E-state index in [0.717, 1.165) is 0 Å². The number of rotatable bonds is 8. The van der Waals surface area contributed by atoms with E-state index < -0.39 is 12.2 Å². The first-order chi connectivity index (χ1) is 9.17. The van der Waals surface area contributed by atoms with E-state index in [2.05, 4.69) is 22.4 Å². The maximum Gasteiger partial charge on any atom is 0.335 e. The molecule has 0 aliphatic heterocycles. The topological polar surface area (TPSA) is 88.4 Å². The number of isothiocyanates is 1. The Morgan fingerprint density at radius 2 is 2.32 bits per heavy atom. The van der Waals surface area contributed by atoms with Crippen LogP contribution < -0.4 is 4.74 Å². The zero-order valence-corrected chi connectivity index (χ0v) is 10.8. The number of benzene rings is 1. The highest BCUT2D eigenvalue weighted by molar-refractivity contribution is 7.78. The van der Waals surface area contributed by atoms with Crippen LogP contribution in [0.15, 0.2) is 29.3 Å². The molecular weight excluding hydrogens is 270 g/mol. The summed E-state index contributed by atoms with van der Waals surface area (Å²) in [7, 11) is 0. The third kappa shape index (κ3) is 5.58. The largest absolute Gasteiger partial charge is 0.489 e. The van der Waals surface area contributed by atoms with E-state index in [9.17, 15) is 4.79 Å². The molecule has 1 rings (SSSR count). The second-order valence-electron chi connectivity index (χ2n) is 3.41. The van der Waals surface area contributed by atoms with Gasteiger partial charge in [0.2, 0.25) is 0 Å². The Balaban J connectivity index is 2.60. The molecule has 0 aliphatic carbocycles. The van der Waals surface area contributed by atoms with E-state index in [4.69, 9.17) is 19.7 Å². The lowest BCUT2D eigenvalue weighted by molar-refractivity contribution is 0.00839. The van der Waals surface area contributed by atoms with Crippen molar-refractivity contribution >= 4 is 23.3 Å². The molecule has 0 amide bonds. The standard InChI is InChI=1S/C12H13NO5S/c14-4-5-17-11(13-8-19)7-18-10-3-1-2-9(6-10)12(15)16/h1-3,6,11,14H,4-5,7H2,(H,15,16). The minimum atomic E-state index is -1.03. The minimum absolute atomic E-state index is 0.0483. The van der Waals surface area contributed by atoms with Gasteiger partial charge in [-0.15, -0.1) is 0 Å². The number of carboxylic acids is 1. The molecule has 19 heavy (non-hydrogen) atoms. The van der Waals surface area contributed by atoms with Gasteiger partial charge in [0.25, 0.3) is 0 Å². The van der Waals surface area contributed by atoms with Crippen LogP contribution in [0.1, 0.15) is 10.4 Å². The molecule has 1 aromatic rings. The smallest absolute Gasteiger partial charge is 0.335 e. The van der Waals surface area contributed by atoms with Crippen molar-refractivity contribution < 1.29 is 24.5 Å². The number of hydrogen-bond acceptors (Lipinski definition) is 6. The van der Waals surface area contributed by atoms with E-state index >= 15 is 0 Å². The van der Waals surface area contributed by atoms with Crippen molar-refractivity contribution in [2.45, 2.75) is 6.23 Å². The van der Waals surface area contributed by atoms with E-state index in [1.807, 2.05) is 0 Å². The van der Waals surface area contributed by atoms with Crippen molar-refractivity contribution in [2.24, 2.45) is 4.99 Å².